The zero-order valence-corrected chi connectivity index (χ0v) is 14.1. The smallest absolute Gasteiger partial charge is 0.177 e. The van der Waals surface area contributed by atoms with E-state index in [1.54, 1.807) is 13.3 Å². The molecule has 0 atom stereocenters. The van der Waals surface area contributed by atoms with Crippen molar-refractivity contribution in [2.24, 2.45) is 5.10 Å². The highest BCUT2D eigenvalue weighted by Gasteiger charge is 2.03. The first-order chi connectivity index (χ1) is 11.5. The minimum atomic E-state index is -4.16. The second-order valence-electron chi connectivity index (χ2n) is 5.09. The molecule has 0 aliphatic rings. The van der Waals surface area contributed by atoms with Gasteiger partial charge in [-0.2, -0.15) is 5.10 Å². The van der Waals surface area contributed by atoms with Gasteiger partial charge in [0, 0.05) is 18.2 Å². The minimum absolute atomic E-state index is 0.279. The lowest BCUT2D eigenvalue weighted by Gasteiger charge is -2.04. The highest BCUT2D eigenvalue weighted by atomic mass is 32.2. The predicted molar refractivity (Wildman–Crippen MR) is 90.0 cm³/mol. The van der Waals surface area contributed by atoms with E-state index >= 15 is 0 Å². The fraction of sp³-hybridized carbons (Fsp3) is 0.250. The maximum atomic E-state index is 10.6. The van der Waals surface area contributed by atoms with E-state index in [9.17, 15) is 13.0 Å². The van der Waals surface area contributed by atoms with Gasteiger partial charge in [0.1, 0.15) is 12.3 Å². The Morgan fingerprint density at radius 1 is 1.29 bits per heavy atom. The third-order valence-electron chi connectivity index (χ3n) is 3.19. The monoisotopic (exact) mass is 349 g/mol. The number of methoxy groups -OCH3 is 1. The van der Waals surface area contributed by atoms with E-state index in [1.807, 2.05) is 53.4 Å². The van der Waals surface area contributed by atoms with Gasteiger partial charge in [0.2, 0.25) is 0 Å². The summed E-state index contributed by atoms with van der Waals surface area (Å²) >= 11 is 0. The highest BCUT2D eigenvalue weighted by Crippen LogP contribution is 2.14. The third-order valence-corrected chi connectivity index (χ3v) is 3.98. The summed E-state index contributed by atoms with van der Waals surface area (Å²) in [7, 11) is -2.55. The van der Waals surface area contributed by atoms with Crippen LogP contribution in [0.3, 0.4) is 0 Å². The molecular weight excluding hydrogens is 330 g/mol. The lowest BCUT2D eigenvalue weighted by Crippen LogP contribution is -2.34. The molecule has 0 unspecified atom stereocenters. The third kappa shape index (κ3) is 6.35. The summed E-state index contributed by atoms with van der Waals surface area (Å²) < 4.78 is 38.7. The number of pyridine rings is 1. The number of hydrazone groups is 1. The molecular formula is C16H19N3O4S. The van der Waals surface area contributed by atoms with Crippen molar-refractivity contribution >= 4 is 22.0 Å². The van der Waals surface area contributed by atoms with Crippen LogP contribution in [0, 0.1) is 0 Å². The molecule has 2 rings (SSSR count). The van der Waals surface area contributed by atoms with Crippen molar-refractivity contribution in [3.05, 3.63) is 54.4 Å². The Kier molecular flexibility index (Phi) is 6.28. The fourth-order valence-electron chi connectivity index (χ4n) is 2.03. The number of hydrogen-bond donors (Lipinski definition) is 1. The molecule has 1 aromatic carbocycles. The molecule has 0 bridgehead atoms. The van der Waals surface area contributed by atoms with Crippen LogP contribution in [0.2, 0.25) is 0 Å². The van der Waals surface area contributed by atoms with Crippen LogP contribution in [0.1, 0.15) is 12.0 Å². The SMILES string of the molecule is COc1ccc(N/N=C/c2ccc[n+](CCCS(=O)(=O)[O-])c2)cc1. The first kappa shape index (κ1) is 17.9. The molecule has 0 saturated carbocycles. The molecule has 1 N–H and O–H groups in total. The summed E-state index contributed by atoms with van der Waals surface area (Å²) in [4.78, 5) is 0. The molecule has 128 valence electrons. The van der Waals surface area contributed by atoms with Gasteiger partial charge in [-0.1, -0.05) is 0 Å². The van der Waals surface area contributed by atoms with Gasteiger partial charge in [-0.25, -0.2) is 13.0 Å². The number of aromatic nitrogens is 1. The Balaban J connectivity index is 1.90. The number of aryl methyl sites for hydroxylation is 1. The summed E-state index contributed by atoms with van der Waals surface area (Å²) in [5.41, 5.74) is 4.59. The molecule has 0 aliphatic heterocycles. The summed E-state index contributed by atoms with van der Waals surface area (Å²) in [6.07, 6.45) is 5.58. The van der Waals surface area contributed by atoms with Gasteiger partial charge in [-0.15, -0.1) is 0 Å². The van der Waals surface area contributed by atoms with E-state index in [1.165, 1.54) is 0 Å². The van der Waals surface area contributed by atoms with Gasteiger partial charge in [0.25, 0.3) is 0 Å². The fourth-order valence-corrected chi connectivity index (χ4v) is 2.51. The largest absolute Gasteiger partial charge is 0.748 e. The van der Waals surface area contributed by atoms with E-state index in [4.69, 9.17) is 4.74 Å². The Hall–Kier alpha value is -2.45. The van der Waals surface area contributed by atoms with Crippen molar-refractivity contribution in [1.29, 1.82) is 0 Å². The Bertz CT molecular complexity index is 789. The average Bonchev–Trinajstić information content (AvgIpc) is 2.55. The molecule has 0 aliphatic carbocycles. The lowest BCUT2D eigenvalue weighted by atomic mass is 10.3. The van der Waals surface area contributed by atoms with E-state index in [-0.39, 0.29) is 12.2 Å². The Morgan fingerprint density at radius 2 is 2.04 bits per heavy atom. The maximum absolute atomic E-state index is 10.6. The molecule has 1 heterocycles. The van der Waals surface area contributed by atoms with Crippen LogP contribution < -0.4 is 14.7 Å². The molecule has 0 saturated heterocycles. The Morgan fingerprint density at radius 3 is 2.71 bits per heavy atom. The van der Waals surface area contributed by atoms with Crippen molar-refractivity contribution < 1.29 is 22.3 Å². The van der Waals surface area contributed by atoms with Crippen LogP contribution in [0.4, 0.5) is 5.69 Å². The van der Waals surface area contributed by atoms with Crippen LogP contribution in [0.25, 0.3) is 0 Å². The molecule has 0 radical (unpaired) electrons. The molecule has 0 fully saturated rings. The molecule has 0 amide bonds. The van der Waals surface area contributed by atoms with E-state index in [2.05, 4.69) is 10.5 Å². The topological polar surface area (TPSA) is 94.7 Å². The first-order valence-electron chi connectivity index (χ1n) is 7.32. The van der Waals surface area contributed by atoms with Gasteiger partial charge in [-0.3, -0.25) is 5.43 Å². The van der Waals surface area contributed by atoms with E-state index in [0.29, 0.717) is 6.54 Å². The first-order valence-corrected chi connectivity index (χ1v) is 8.90. The molecule has 24 heavy (non-hydrogen) atoms. The van der Waals surface area contributed by atoms with Crippen molar-refractivity contribution in [3.63, 3.8) is 0 Å². The van der Waals surface area contributed by atoms with Crippen molar-refractivity contribution in [1.82, 2.24) is 0 Å². The van der Waals surface area contributed by atoms with E-state index in [0.717, 1.165) is 17.0 Å². The van der Waals surface area contributed by atoms with Gasteiger partial charge in [0.15, 0.2) is 12.4 Å². The summed E-state index contributed by atoms with van der Waals surface area (Å²) in [5.74, 6) is 0.408. The number of ether oxygens (including phenoxy) is 1. The summed E-state index contributed by atoms with van der Waals surface area (Å²) in [5, 5.41) is 4.15. The normalized spacial score (nSPS) is 11.6. The second-order valence-corrected chi connectivity index (χ2v) is 6.61. The number of rotatable bonds is 8. The second kappa shape index (κ2) is 8.42. The van der Waals surface area contributed by atoms with Crippen LogP contribution in [-0.2, 0) is 16.7 Å². The summed E-state index contributed by atoms with van der Waals surface area (Å²) in [6.45, 7) is 0.453. The number of hydrogen-bond acceptors (Lipinski definition) is 6. The van der Waals surface area contributed by atoms with Crippen molar-refractivity contribution in [3.8, 4) is 5.75 Å². The zero-order valence-electron chi connectivity index (χ0n) is 13.3. The maximum Gasteiger partial charge on any atom is 0.177 e. The quantitative estimate of drug-likeness (QED) is 0.336. The van der Waals surface area contributed by atoms with Crippen LogP contribution in [-0.4, -0.2) is 32.0 Å². The minimum Gasteiger partial charge on any atom is -0.748 e. The number of nitrogens with zero attached hydrogens (tertiary/aromatic N) is 2. The Labute approximate surface area is 141 Å². The van der Waals surface area contributed by atoms with Crippen molar-refractivity contribution in [2.75, 3.05) is 18.3 Å². The van der Waals surface area contributed by atoms with Gasteiger partial charge < -0.3 is 9.29 Å². The number of benzene rings is 1. The lowest BCUT2D eigenvalue weighted by molar-refractivity contribution is -0.696. The van der Waals surface area contributed by atoms with E-state index < -0.39 is 10.1 Å². The van der Waals surface area contributed by atoms with Gasteiger partial charge in [0.05, 0.1) is 34.7 Å². The van der Waals surface area contributed by atoms with Gasteiger partial charge >= 0.3 is 0 Å². The molecule has 7 nitrogen and oxygen atoms in total. The average molecular weight is 349 g/mol. The van der Waals surface area contributed by atoms with Crippen LogP contribution in [0.5, 0.6) is 5.75 Å². The molecule has 0 spiro atoms. The standard InChI is InChI=1S/C16H19N3O4S/c1-23-16-7-5-15(6-8-16)18-17-12-14-4-2-9-19(13-14)10-3-11-24(20,21)22/h2,4-9,12-13,18H,3,10-11H2,1H3/b17-12+. The van der Waals surface area contributed by atoms with Crippen LogP contribution >= 0.6 is 0 Å². The molecule has 1 aromatic heterocycles. The molecule has 8 heteroatoms. The predicted octanol–water partition coefficient (Wildman–Crippen LogP) is 1.36. The highest BCUT2D eigenvalue weighted by molar-refractivity contribution is 7.85. The number of nitrogens with one attached hydrogen (secondary N) is 1. The molecule has 2 aromatic rings. The summed E-state index contributed by atoms with van der Waals surface area (Å²) in [6, 6.07) is 11.1. The van der Waals surface area contributed by atoms with Gasteiger partial charge in [-0.05, 0) is 30.3 Å². The van der Waals surface area contributed by atoms with Crippen LogP contribution in [0.15, 0.2) is 53.9 Å². The number of anilines is 1. The van der Waals surface area contributed by atoms with Crippen molar-refractivity contribution in [2.45, 2.75) is 13.0 Å². The zero-order chi connectivity index (χ0) is 17.4.